The summed E-state index contributed by atoms with van der Waals surface area (Å²) in [6.07, 6.45) is 14.0. The van der Waals surface area contributed by atoms with E-state index in [2.05, 4.69) is 61.9 Å². The molecule has 4 nitrogen and oxygen atoms in total. The van der Waals surface area contributed by atoms with Crippen LogP contribution >= 0.6 is 0 Å². The van der Waals surface area contributed by atoms with Crippen molar-refractivity contribution in [3.8, 4) is 0 Å². The van der Waals surface area contributed by atoms with Gasteiger partial charge in [0, 0.05) is 12.4 Å². The van der Waals surface area contributed by atoms with Gasteiger partial charge in [-0.1, -0.05) is 70.2 Å². The van der Waals surface area contributed by atoms with Gasteiger partial charge >= 0.3 is 5.97 Å². The van der Waals surface area contributed by atoms with E-state index in [4.69, 9.17) is 5.11 Å². The zero-order valence-corrected chi connectivity index (χ0v) is 19.7. The van der Waals surface area contributed by atoms with E-state index in [1.54, 1.807) is 24.5 Å². The van der Waals surface area contributed by atoms with Crippen molar-refractivity contribution in [2.45, 2.75) is 51.4 Å². The summed E-state index contributed by atoms with van der Waals surface area (Å²) in [4.78, 5) is 19.8. The minimum atomic E-state index is -0.916. The molecule has 0 bridgehead atoms. The maximum atomic E-state index is 11.1. The summed E-state index contributed by atoms with van der Waals surface area (Å²) in [7, 11) is 0. The molecule has 33 heavy (non-hydrogen) atoms. The summed E-state index contributed by atoms with van der Waals surface area (Å²) in [6, 6.07) is 13.4. The summed E-state index contributed by atoms with van der Waals surface area (Å²) < 4.78 is 0. The molecule has 0 spiro atoms. The van der Waals surface area contributed by atoms with E-state index in [0.717, 1.165) is 29.5 Å². The molecule has 0 aliphatic heterocycles. The number of nitrogens with zero attached hydrogens (tertiary/aromatic N) is 2. The van der Waals surface area contributed by atoms with Crippen molar-refractivity contribution in [2.24, 2.45) is 0 Å². The van der Waals surface area contributed by atoms with E-state index in [0.29, 0.717) is 5.82 Å². The monoisotopic (exact) mass is 438 g/mol. The molecule has 0 fully saturated rings. The first-order chi connectivity index (χ1) is 15.7. The number of fused-ring (bicyclic) bond motifs is 1. The molecule has 4 heteroatoms. The van der Waals surface area contributed by atoms with Gasteiger partial charge in [0.1, 0.15) is 0 Å². The molecule has 4 rings (SSSR count). The number of aromatic carboxylic acids is 1. The lowest BCUT2D eigenvalue weighted by molar-refractivity contribution is 0.0697. The second kappa shape index (κ2) is 8.78. The van der Waals surface area contributed by atoms with Crippen LogP contribution in [0.4, 0.5) is 0 Å². The fourth-order valence-corrected chi connectivity index (χ4v) is 4.42. The van der Waals surface area contributed by atoms with Crippen LogP contribution in [0.15, 0.2) is 54.9 Å². The quantitative estimate of drug-likeness (QED) is 0.442. The van der Waals surface area contributed by atoms with Crippen LogP contribution in [0.1, 0.15) is 84.5 Å². The van der Waals surface area contributed by atoms with E-state index in [-0.39, 0.29) is 16.4 Å². The van der Waals surface area contributed by atoms with Gasteiger partial charge in [-0.05, 0) is 75.8 Å². The standard InChI is InChI=1S/C29H30N2O2/c1-28(2)14-15-29(3,4)25-19-23(12-13-26-30-16-5-17-31-26)22(18-24(25)28)11-8-20-6-9-21(10-7-20)27(32)33/h5-13,16-19H,14-15H2,1-4H3,(H,32,33)/b11-8+,13-12+. The summed E-state index contributed by atoms with van der Waals surface area (Å²) in [6.45, 7) is 9.31. The second-order valence-electron chi connectivity index (χ2n) is 10.00. The number of hydrogen-bond acceptors (Lipinski definition) is 3. The van der Waals surface area contributed by atoms with E-state index in [1.807, 2.05) is 30.4 Å². The Labute approximate surface area is 195 Å². The third-order valence-corrected chi connectivity index (χ3v) is 6.67. The van der Waals surface area contributed by atoms with Gasteiger partial charge in [0.2, 0.25) is 0 Å². The predicted molar refractivity (Wildman–Crippen MR) is 135 cm³/mol. The highest BCUT2D eigenvalue weighted by molar-refractivity contribution is 5.88. The zero-order chi connectivity index (χ0) is 23.6. The van der Waals surface area contributed by atoms with Crippen LogP contribution in [0.5, 0.6) is 0 Å². The van der Waals surface area contributed by atoms with Gasteiger partial charge in [0.25, 0.3) is 0 Å². The Bertz CT molecular complexity index is 1220. The number of rotatable bonds is 5. The Balaban J connectivity index is 1.79. The van der Waals surface area contributed by atoms with Crippen molar-refractivity contribution >= 4 is 30.3 Å². The van der Waals surface area contributed by atoms with Gasteiger partial charge in [-0.2, -0.15) is 0 Å². The van der Waals surface area contributed by atoms with Gasteiger partial charge in [-0.15, -0.1) is 0 Å². The fraction of sp³-hybridized carbons (Fsp3) is 0.276. The van der Waals surface area contributed by atoms with Crippen molar-refractivity contribution < 1.29 is 9.90 Å². The molecule has 168 valence electrons. The van der Waals surface area contributed by atoms with Crippen molar-refractivity contribution in [1.82, 2.24) is 9.97 Å². The molecule has 1 N–H and O–H groups in total. The van der Waals surface area contributed by atoms with Crippen LogP contribution in [0, 0.1) is 0 Å². The lowest BCUT2D eigenvalue weighted by atomic mass is 9.62. The van der Waals surface area contributed by atoms with Crippen LogP contribution in [0.25, 0.3) is 24.3 Å². The molecular formula is C29H30N2O2. The van der Waals surface area contributed by atoms with Crippen molar-refractivity contribution in [2.75, 3.05) is 0 Å². The number of carboxylic acids is 1. The highest BCUT2D eigenvalue weighted by Crippen LogP contribution is 2.47. The third-order valence-electron chi connectivity index (χ3n) is 6.67. The molecule has 1 aromatic heterocycles. The summed E-state index contributed by atoms with van der Waals surface area (Å²) in [5, 5.41) is 9.14. The van der Waals surface area contributed by atoms with E-state index in [9.17, 15) is 4.79 Å². The smallest absolute Gasteiger partial charge is 0.335 e. The Hall–Kier alpha value is -3.53. The first-order valence-electron chi connectivity index (χ1n) is 11.3. The fourth-order valence-electron chi connectivity index (χ4n) is 4.42. The minimum absolute atomic E-state index is 0.112. The maximum Gasteiger partial charge on any atom is 0.335 e. The third kappa shape index (κ3) is 4.95. The Morgan fingerprint density at radius 2 is 1.33 bits per heavy atom. The van der Waals surface area contributed by atoms with Gasteiger partial charge < -0.3 is 5.11 Å². The van der Waals surface area contributed by atoms with Crippen LogP contribution in [0.3, 0.4) is 0 Å². The van der Waals surface area contributed by atoms with Crippen molar-refractivity contribution in [3.05, 3.63) is 94.1 Å². The first kappa shape index (κ1) is 22.7. The predicted octanol–water partition coefficient (Wildman–Crippen LogP) is 6.86. The molecule has 1 heterocycles. The molecule has 0 radical (unpaired) electrons. The van der Waals surface area contributed by atoms with Crippen molar-refractivity contribution in [1.29, 1.82) is 0 Å². The first-order valence-corrected chi connectivity index (χ1v) is 11.3. The molecule has 0 saturated carbocycles. The average molecular weight is 439 g/mol. The van der Waals surface area contributed by atoms with Gasteiger partial charge in [0.05, 0.1) is 5.56 Å². The molecule has 3 aromatic rings. The molecule has 1 aliphatic carbocycles. The molecule has 0 atom stereocenters. The molecule has 0 amide bonds. The largest absolute Gasteiger partial charge is 0.478 e. The van der Waals surface area contributed by atoms with Crippen molar-refractivity contribution in [3.63, 3.8) is 0 Å². The molecular weight excluding hydrogens is 408 g/mol. The summed E-state index contributed by atoms with van der Waals surface area (Å²) in [5.41, 5.74) is 6.50. The zero-order valence-electron chi connectivity index (χ0n) is 19.7. The molecule has 1 aliphatic rings. The minimum Gasteiger partial charge on any atom is -0.478 e. The number of benzene rings is 2. The number of carboxylic acid groups (broad SMARTS) is 1. The summed E-state index contributed by atoms with van der Waals surface area (Å²) in [5.74, 6) is -0.241. The Morgan fingerprint density at radius 1 is 0.818 bits per heavy atom. The van der Waals surface area contributed by atoms with E-state index >= 15 is 0 Å². The van der Waals surface area contributed by atoms with Gasteiger partial charge in [-0.25, -0.2) is 14.8 Å². The highest BCUT2D eigenvalue weighted by atomic mass is 16.4. The number of hydrogen-bond donors (Lipinski definition) is 1. The number of aromatic nitrogens is 2. The maximum absolute atomic E-state index is 11.1. The van der Waals surface area contributed by atoms with Gasteiger partial charge in [0.15, 0.2) is 5.82 Å². The molecule has 0 saturated heterocycles. The van der Waals surface area contributed by atoms with E-state index in [1.165, 1.54) is 11.1 Å². The van der Waals surface area contributed by atoms with Crippen LogP contribution in [0.2, 0.25) is 0 Å². The number of carbonyl (C=O) groups is 1. The van der Waals surface area contributed by atoms with E-state index < -0.39 is 5.97 Å². The summed E-state index contributed by atoms with van der Waals surface area (Å²) >= 11 is 0. The Kier molecular flexibility index (Phi) is 6.03. The normalized spacial score (nSPS) is 16.7. The average Bonchev–Trinajstić information content (AvgIpc) is 2.80. The van der Waals surface area contributed by atoms with Crippen LogP contribution in [-0.2, 0) is 10.8 Å². The topological polar surface area (TPSA) is 63.1 Å². The lowest BCUT2D eigenvalue weighted by Crippen LogP contribution is -2.34. The second-order valence-corrected chi connectivity index (χ2v) is 10.00. The van der Waals surface area contributed by atoms with Gasteiger partial charge in [-0.3, -0.25) is 0 Å². The highest BCUT2D eigenvalue weighted by Gasteiger charge is 2.37. The Morgan fingerprint density at radius 3 is 1.85 bits per heavy atom. The lowest BCUT2D eigenvalue weighted by Gasteiger charge is -2.42. The van der Waals surface area contributed by atoms with Crippen LogP contribution < -0.4 is 0 Å². The van der Waals surface area contributed by atoms with Crippen LogP contribution in [-0.4, -0.2) is 21.0 Å². The molecule has 0 unspecified atom stereocenters. The molecule has 2 aromatic carbocycles. The SMILES string of the molecule is CC1(C)CCC(C)(C)c2cc(/C=C/c3ncccn3)c(/C=C/c3ccc(C(=O)O)cc3)cc21.